The van der Waals surface area contributed by atoms with E-state index >= 15 is 0 Å². The van der Waals surface area contributed by atoms with Crippen LogP contribution in [0.1, 0.15) is 22.8 Å². The molecule has 0 saturated heterocycles. The molecule has 0 bridgehead atoms. The Morgan fingerprint density at radius 2 is 1.72 bits per heavy atom. The van der Waals surface area contributed by atoms with E-state index in [1.807, 2.05) is 24.3 Å². The molecule has 0 spiro atoms. The Morgan fingerprint density at radius 3 is 2.39 bits per heavy atom. The number of rotatable bonds is 3. The van der Waals surface area contributed by atoms with Gasteiger partial charge in [-0.1, -0.05) is 43.3 Å². The predicted molar refractivity (Wildman–Crippen MR) is 72.6 cm³/mol. The maximum Gasteiger partial charge on any atom is 0.337 e. The van der Waals surface area contributed by atoms with Crippen LogP contribution in [0.3, 0.4) is 0 Å². The second-order valence-electron chi connectivity index (χ2n) is 4.13. The van der Waals surface area contributed by atoms with Crippen molar-refractivity contribution in [2.75, 3.05) is 7.11 Å². The van der Waals surface area contributed by atoms with Gasteiger partial charge in [0.05, 0.1) is 12.7 Å². The lowest BCUT2D eigenvalue weighted by Gasteiger charge is -2.06. The third-order valence-corrected chi connectivity index (χ3v) is 2.95. The van der Waals surface area contributed by atoms with Crippen molar-refractivity contribution in [3.63, 3.8) is 0 Å². The fraction of sp³-hybridized carbons (Fsp3) is 0.188. The molecule has 2 rings (SSSR count). The molecule has 2 aromatic rings. The number of esters is 1. The van der Waals surface area contributed by atoms with Crippen molar-refractivity contribution >= 4 is 5.97 Å². The van der Waals surface area contributed by atoms with Crippen LogP contribution in [0.2, 0.25) is 0 Å². The summed E-state index contributed by atoms with van der Waals surface area (Å²) in [4.78, 5) is 11.5. The second kappa shape index (κ2) is 5.50. The number of benzene rings is 2. The van der Waals surface area contributed by atoms with E-state index in [0.29, 0.717) is 5.56 Å². The number of aryl methyl sites for hydroxylation is 1. The summed E-state index contributed by atoms with van der Waals surface area (Å²) in [5, 5.41) is 0. The van der Waals surface area contributed by atoms with Crippen LogP contribution in [-0.2, 0) is 11.2 Å². The molecule has 0 saturated carbocycles. The van der Waals surface area contributed by atoms with Gasteiger partial charge in [0.25, 0.3) is 0 Å². The molecule has 0 fully saturated rings. The van der Waals surface area contributed by atoms with Crippen molar-refractivity contribution in [1.82, 2.24) is 0 Å². The molecule has 92 valence electrons. The molecule has 0 aliphatic heterocycles. The van der Waals surface area contributed by atoms with Crippen LogP contribution in [0.5, 0.6) is 0 Å². The van der Waals surface area contributed by atoms with Gasteiger partial charge in [0.1, 0.15) is 0 Å². The van der Waals surface area contributed by atoms with Crippen LogP contribution >= 0.6 is 0 Å². The van der Waals surface area contributed by atoms with Gasteiger partial charge in [-0.05, 0) is 35.2 Å². The summed E-state index contributed by atoms with van der Waals surface area (Å²) in [5.74, 6) is -0.302. The topological polar surface area (TPSA) is 26.3 Å². The molecule has 0 unspecified atom stereocenters. The first kappa shape index (κ1) is 12.4. The minimum absolute atomic E-state index is 0.302. The van der Waals surface area contributed by atoms with Crippen molar-refractivity contribution in [2.24, 2.45) is 0 Å². The summed E-state index contributed by atoms with van der Waals surface area (Å²) in [7, 11) is 1.40. The number of carbonyl (C=O) groups excluding carboxylic acids is 1. The minimum Gasteiger partial charge on any atom is -0.465 e. The molecule has 0 N–H and O–H groups in total. The van der Waals surface area contributed by atoms with Gasteiger partial charge in [-0.25, -0.2) is 4.79 Å². The zero-order chi connectivity index (χ0) is 13.0. The van der Waals surface area contributed by atoms with Crippen molar-refractivity contribution in [3.8, 4) is 11.1 Å². The molecule has 0 atom stereocenters. The number of carbonyl (C=O) groups is 1. The number of hydrogen-bond acceptors (Lipinski definition) is 2. The van der Waals surface area contributed by atoms with E-state index < -0.39 is 0 Å². The third kappa shape index (κ3) is 2.59. The summed E-state index contributed by atoms with van der Waals surface area (Å²) in [6, 6.07) is 15.8. The summed E-state index contributed by atoms with van der Waals surface area (Å²) < 4.78 is 4.73. The van der Waals surface area contributed by atoms with E-state index in [2.05, 4.69) is 25.1 Å². The molecule has 0 aliphatic rings. The zero-order valence-electron chi connectivity index (χ0n) is 10.6. The lowest BCUT2D eigenvalue weighted by molar-refractivity contribution is 0.0601. The first-order chi connectivity index (χ1) is 8.74. The van der Waals surface area contributed by atoms with Gasteiger partial charge in [-0.2, -0.15) is 0 Å². The highest BCUT2D eigenvalue weighted by Gasteiger charge is 2.06. The Balaban J connectivity index is 2.41. The van der Waals surface area contributed by atoms with E-state index in [1.54, 1.807) is 6.07 Å². The van der Waals surface area contributed by atoms with E-state index in [4.69, 9.17) is 4.74 Å². The van der Waals surface area contributed by atoms with E-state index in [-0.39, 0.29) is 5.97 Å². The summed E-state index contributed by atoms with van der Waals surface area (Å²) >= 11 is 0. The molecule has 2 nitrogen and oxygen atoms in total. The average Bonchev–Trinajstić information content (AvgIpc) is 2.46. The van der Waals surface area contributed by atoms with E-state index in [9.17, 15) is 4.79 Å². The standard InChI is InChI=1S/C16H16O2/c1-3-12-6-4-7-13(10-12)14-8-5-9-15(11-14)16(17)18-2/h4-11H,3H2,1-2H3. The van der Waals surface area contributed by atoms with Crippen molar-refractivity contribution < 1.29 is 9.53 Å². The maximum atomic E-state index is 11.5. The van der Waals surface area contributed by atoms with E-state index in [1.165, 1.54) is 12.7 Å². The molecule has 18 heavy (non-hydrogen) atoms. The van der Waals surface area contributed by atoms with Gasteiger partial charge in [0, 0.05) is 0 Å². The van der Waals surface area contributed by atoms with Gasteiger partial charge >= 0.3 is 5.97 Å². The lowest BCUT2D eigenvalue weighted by atomic mass is 10.0. The minimum atomic E-state index is -0.302. The molecule has 0 radical (unpaired) electrons. The van der Waals surface area contributed by atoms with Crippen LogP contribution in [0.15, 0.2) is 48.5 Å². The monoisotopic (exact) mass is 240 g/mol. The van der Waals surface area contributed by atoms with Crippen LogP contribution < -0.4 is 0 Å². The third-order valence-electron chi connectivity index (χ3n) is 2.95. The van der Waals surface area contributed by atoms with Gasteiger partial charge in [-0.3, -0.25) is 0 Å². The Morgan fingerprint density at radius 1 is 1.06 bits per heavy atom. The maximum absolute atomic E-state index is 11.5. The van der Waals surface area contributed by atoms with Crippen LogP contribution in [0, 0.1) is 0 Å². The number of methoxy groups -OCH3 is 1. The SMILES string of the molecule is CCc1cccc(-c2cccc(C(=O)OC)c2)c1. The normalized spacial score (nSPS) is 10.1. The highest BCUT2D eigenvalue weighted by atomic mass is 16.5. The van der Waals surface area contributed by atoms with Gasteiger partial charge in [0.2, 0.25) is 0 Å². The second-order valence-corrected chi connectivity index (χ2v) is 4.13. The van der Waals surface area contributed by atoms with E-state index in [0.717, 1.165) is 17.5 Å². The molecule has 0 aromatic heterocycles. The van der Waals surface area contributed by atoms with Gasteiger partial charge in [-0.15, -0.1) is 0 Å². The summed E-state index contributed by atoms with van der Waals surface area (Å²) in [6.45, 7) is 2.13. The summed E-state index contributed by atoms with van der Waals surface area (Å²) in [6.07, 6.45) is 1.00. The fourth-order valence-electron chi connectivity index (χ4n) is 1.91. The van der Waals surface area contributed by atoms with Crippen LogP contribution in [-0.4, -0.2) is 13.1 Å². The Hall–Kier alpha value is -2.09. The molecule has 2 aromatic carbocycles. The zero-order valence-corrected chi connectivity index (χ0v) is 10.6. The first-order valence-electron chi connectivity index (χ1n) is 6.02. The average molecular weight is 240 g/mol. The fourth-order valence-corrected chi connectivity index (χ4v) is 1.91. The Bertz CT molecular complexity index is 559. The van der Waals surface area contributed by atoms with Gasteiger partial charge in [0.15, 0.2) is 0 Å². The molecular weight excluding hydrogens is 224 g/mol. The quantitative estimate of drug-likeness (QED) is 0.764. The number of hydrogen-bond donors (Lipinski definition) is 0. The first-order valence-corrected chi connectivity index (χ1v) is 6.02. The van der Waals surface area contributed by atoms with Gasteiger partial charge < -0.3 is 4.74 Å². The van der Waals surface area contributed by atoms with Crippen molar-refractivity contribution in [3.05, 3.63) is 59.7 Å². The van der Waals surface area contributed by atoms with Crippen molar-refractivity contribution in [2.45, 2.75) is 13.3 Å². The molecule has 2 heteroatoms. The number of ether oxygens (including phenoxy) is 1. The smallest absolute Gasteiger partial charge is 0.337 e. The highest BCUT2D eigenvalue weighted by Crippen LogP contribution is 2.22. The lowest BCUT2D eigenvalue weighted by Crippen LogP contribution is -2.00. The molecule has 0 heterocycles. The Kier molecular flexibility index (Phi) is 3.78. The highest BCUT2D eigenvalue weighted by molar-refractivity contribution is 5.90. The predicted octanol–water partition coefficient (Wildman–Crippen LogP) is 3.70. The molecule has 0 aliphatic carbocycles. The summed E-state index contributed by atoms with van der Waals surface area (Å²) in [5.41, 5.74) is 4.03. The van der Waals surface area contributed by atoms with Crippen LogP contribution in [0.4, 0.5) is 0 Å². The Labute approximate surface area is 107 Å². The molecular formula is C16H16O2. The molecule has 0 amide bonds. The van der Waals surface area contributed by atoms with Crippen molar-refractivity contribution in [1.29, 1.82) is 0 Å². The largest absolute Gasteiger partial charge is 0.465 e. The van der Waals surface area contributed by atoms with Crippen LogP contribution in [0.25, 0.3) is 11.1 Å².